The molecular formula is C19H21ClN2O3. The fourth-order valence-corrected chi connectivity index (χ4v) is 2.33. The van der Waals surface area contributed by atoms with E-state index >= 15 is 0 Å². The number of para-hydroxylation sites is 3. The number of hydrogen-bond acceptors (Lipinski definition) is 3. The predicted molar refractivity (Wildman–Crippen MR) is 100 cm³/mol. The standard InChI is InChI=1S/C19H21ClN2O3/c1-2-3-12-18(23)21-15-9-5-6-10-16(15)22-19(24)13-25-17-11-7-4-8-14(17)20/h4-11H,2-3,12-13H2,1H3,(H,21,23)(H,22,24). The lowest BCUT2D eigenvalue weighted by molar-refractivity contribution is -0.118. The van der Waals surface area contributed by atoms with Crippen LogP contribution in [-0.4, -0.2) is 18.4 Å². The zero-order valence-electron chi connectivity index (χ0n) is 14.0. The van der Waals surface area contributed by atoms with E-state index in [9.17, 15) is 9.59 Å². The third-order valence-corrected chi connectivity index (χ3v) is 3.74. The Kier molecular flexibility index (Phi) is 7.29. The molecule has 0 saturated carbocycles. The van der Waals surface area contributed by atoms with Gasteiger partial charge >= 0.3 is 0 Å². The van der Waals surface area contributed by atoms with Crippen LogP contribution >= 0.6 is 11.6 Å². The molecule has 0 unspecified atom stereocenters. The van der Waals surface area contributed by atoms with Crippen molar-refractivity contribution < 1.29 is 14.3 Å². The molecule has 2 aromatic carbocycles. The zero-order chi connectivity index (χ0) is 18.1. The van der Waals surface area contributed by atoms with E-state index in [-0.39, 0.29) is 18.4 Å². The van der Waals surface area contributed by atoms with Crippen LogP contribution in [0.3, 0.4) is 0 Å². The first-order chi connectivity index (χ1) is 12.1. The van der Waals surface area contributed by atoms with Gasteiger partial charge in [0, 0.05) is 6.42 Å². The molecule has 0 spiro atoms. The number of anilines is 2. The van der Waals surface area contributed by atoms with Crippen molar-refractivity contribution in [1.82, 2.24) is 0 Å². The first-order valence-electron chi connectivity index (χ1n) is 8.16. The van der Waals surface area contributed by atoms with E-state index in [0.29, 0.717) is 28.6 Å². The van der Waals surface area contributed by atoms with Crippen LogP contribution in [0.4, 0.5) is 11.4 Å². The van der Waals surface area contributed by atoms with Crippen molar-refractivity contribution in [2.75, 3.05) is 17.2 Å². The second-order valence-corrected chi connectivity index (χ2v) is 5.87. The summed E-state index contributed by atoms with van der Waals surface area (Å²) < 4.78 is 5.41. The lowest BCUT2D eigenvalue weighted by Crippen LogP contribution is -2.21. The van der Waals surface area contributed by atoms with Gasteiger partial charge in [0.05, 0.1) is 16.4 Å². The van der Waals surface area contributed by atoms with Crippen molar-refractivity contribution in [3.63, 3.8) is 0 Å². The van der Waals surface area contributed by atoms with Crippen LogP contribution in [-0.2, 0) is 9.59 Å². The van der Waals surface area contributed by atoms with Crippen LogP contribution in [0.2, 0.25) is 5.02 Å². The van der Waals surface area contributed by atoms with Crippen molar-refractivity contribution in [1.29, 1.82) is 0 Å². The predicted octanol–water partition coefficient (Wildman–Crippen LogP) is 4.49. The number of halogens is 1. The lowest BCUT2D eigenvalue weighted by atomic mass is 10.2. The third kappa shape index (κ3) is 6.12. The maximum absolute atomic E-state index is 12.1. The molecule has 5 nitrogen and oxygen atoms in total. The number of amides is 2. The van der Waals surface area contributed by atoms with Crippen LogP contribution in [0, 0.1) is 0 Å². The lowest BCUT2D eigenvalue weighted by Gasteiger charge is -2.13. The molecule has 0 atom stereocenters. The molecule has 6 heteroatoms. The first-order valence-corrected chi connectivity index (χ1v) is 8.54. The van der Waals surface area contributed by atoms with Crippen molar-refractivity contribution >= 4 is 34.8 Å². The smallest absolute Gasteiger partial charge is 0.262 e. The fourth-order valence-electron chi connectivity index (χ4n) is 2.14. The molecule has 0 aliphatic rings. The number of nitrogens with one attached hydrogen (secondary N) is 2. The van der Waals surface area contributed by atoms with Crippen molar-refractivity contribution in [2.45, 2.75) is 26.2 Å². The normalized spacial score (nSPS) is 10.2. The summed E-state index contributed by atoms with van der Waals surface area (Å²) in [5.41, 5.74) is 1.09. The third-order valence-electron chi connectivity index (χ3n) is 3.43. The largest absolute Gasteiger partial charge is 0.482 e. The molecule has 25 heavy (non-hydrogen) atoms. The molecule has 2 aromatic rings. The van der Waals surface area contributed by atoms with Gasteiger partial charge in [0.1, 0.15) is 5.75 Å². The Morgan fingerprint density at radius 3 is 2.20 bits per heavy atom. The van der Waals surface area contributed by atoms with E-state index in [1.807, 2.05) is 6.92 Å². The van der Waals surface area contributed by atoms with Gasteiger partial charge in [-0.15, -0.1) is 0 Å². The summed E-state index contributed by atoms with van der Waals surface area (Å²) in [5.74, 6) is 0.0338. The van der Waals surface area contributed by atoms with Gasteiger partial charge in [0.15, 0.2) is 6.61 Å². The molecule has 132 valence electrons. The number of rotatable bonds is 8. The molecule has 0 aromatic heterocycles. The van der Waals surface area contributed by atoms with E-state index in [1.165, 1.54) is 0 Å². The molecule has 0 fully saturated rings. The van der Waals surface area contributed by atoms with Crippen LogP contribution in [0.25, 0.3) is 0 Å². The van der Waals surface area contributed by atoms with E-state index in [0.717, 1.165) is 12.8 Å². The number of carbonyl (C=O) groups is 2. The average Bonchev–Trinajstić information content (AvgIpc) is 2.61. The van der Waals surface area contributed by atoms with Gasteiger partial charge in [0.25, 0.3) is 5.91 Å². The number of ether oxygens (including phenoxy) is 1. The molecule has 2 N–H and O–H groups in total. The monoisotopic (exact) mass is 360 g/mol. The second-order valence-electron chi connectivity index (χ2n) is 5.46. The molecule has 0 heterocycles. The van der Waals surface area contributed by atoms with Gasteiger partial charge in [-0.2, -0.15) is 0 Å². The van der Waals surface area contributed by atoms with Crippen molar-refractivity contribution in [2.24, 2.45) is 0 Å². The van der Waals surface area contributed by atoms with Gasteiger partial charge in [-0.05, 0) is 30.7 Å². The SMILES string of the molecule is CCCCC(=O)Nc1ccccc1NC(=O)COc1ccccc1Cl. The summed E-state index contributed by atoms with van der Waals surface area (Å²) in [4.78, 5) is 24.0. The number of benzene rings is 2. The minimum absolute atomic E-state index is 0.0733. The summed E-state index contributed by atoms with van der Waals surface area (Å²) in [5, 5.41) is 6.00. The Labute approximate surface area is 152 Å². The average molecular weight is 361 g/mol. The Bertz CT molecular complexity index is 734. The zero-order valence-corrected chi connectivity index (χ0v) is 14.8. The molecule has 0 bridgehead atoms. The first kappa shape index (κ1) is 18.8. The van der Waals surface area contributed by atoms with E-state index in [4.69, 9.17) is 16.3 Å². The molecule has 0 radical (unpaired) electrons. The van der Waals surface area contributed by atoms with Crippen LogP contribution < -0.4 is 15.4 Å². The van der Waals surface area contributed by atoms with Crippen molar-refractivity contribution in [3.05, 3.63) is 53.6 Å². The van der Waals surface area contributed by atoms with E-state index in [2.05, 4.69) is 10.6 Å². The maximum atomic E-state index is 12.1. The highest BCUT2D eigenvalue weighted by molar-refractivity contribution is 6.32. The van der Waals surface area contributed by atoms with Gasteiger partial charge in [-0.25, -0.2) is 0 Å². The minimum Gasteiger partial charge on any atom is -0.482 e. The Hall–Kier alpha value is -2.53. The number of carbonyl (C=O) groups excluding carboxylic acids is 2. The van der Waals surface area contributed by atoms with Gasteiger partial charge in [-0.1, -0.05) is 49.2 Å². The van der Waals surface area contributed by atoms with E-state index < -0.39 is 0 Å². The Morgan fingerprint density at radius 2 is 1.56 bits per heavy atom. The highest BCUT2D eigenvalue weighted by atomic mass is 35.5. The van der Waals surface area contributed by atoms with E-state index in [1.54, 1.807) is 48.5 Å². The molecule has 0 aliphatic heterocycles. The topological polar surface area (TPSA) is 67.4 Å². The van der Waals surface area contributed by atoms with Crippen LogP contribution in [0.5, 0.6) is 5.75 Å². The molecule has 0 saturated heterocycles. The highest BCUT2D eigenvalue weighted by Gasteiger charge is 2.10. The highest BCUT2D eigenvalue weighted by Crippen LogP contribution is 2.24. The Morgan fingerprint density at radius 1 is 0.960 bits per heavy atom. The molecule has 2 rings (SSSR count). The van der Waals surface area contributed by atoms with Gasteiger partial charge < -0.3 is 15.4 Å². The maximum Gasteiger partial charge on any atom is 0.262 e. The Balaban J connectivity index is 1.94. The number of unbranched alkanes of at least 4 members (excludes halogenated alkanes) is 1. The summed E-state index contributed by atoms with van der Waals surface area (Å²) in [7, 11) is 0. The summed E-state index contributed by atoms with van der Waals surface area (Å²) in [6.45, 7) is 1.85. The molecule has 2 amide bonds. The van der Waals surface area contributed by atoms with Gasteiger partial charge in [-0.3, -0.25) is 9.59 Å². The molecule has 0 aliphatic carbocycles. The van der Waals surface area contributed by atoms with Gasteiger partial charge in [0.2, 0.25) is 5.91 Å². The summed E-state index contributed by atoms with van der Waals surface area (Å²) in [6.07, 6.45) is 2.23. The second kappa shape index (κ2) is 9.69. The van der Waals surface area contributed by atoms with Crippen LogP contribution in [0.1, 0.15) is 26.2 Å². The van der Waals surface area contributed by atoms with Crippen molar-refractivity contribution in [3.8, 4) is 5.75 Å². The summed E-state index contributed by atoms with van der Waals surface area (Å²) in [6, 6.07) is 14.0. The summed E-state index contributed by atoms with van der Waals surface area (Å²) >= 11 is 5.99. The molecular weight excluding hydrogens is 340 g/mol. The fraction of sp³-hybridized carbons (Fsp3) is 0.263. The quantitative estimate of drug-likeness (QED) is 0.729. The van der Waals surface area contributed by atoms with Crippen LogP contribution in [0.15, 0.2) is 48.5 Å². The number of hydrogen-bond donors (Lipinski definition) is 2. The minimum atomic E-state index is -0.338.